The van der Waals surface area contributed by atoms with E-state index in [4.69, 9.17) is 10.5 Å². The van der Waals surface area contributed by atoms with E-state index in [2.05, 4.69) is 43.0 Å². The minimum atomic E-state index is 0.296. The van der Waals surface area contributed by atoms with Gasteiger partial charge in [0.05, 0.1) is 6.61 Å². The highest BCUT2D eigenvalue weighted by molar-refractivity contribution is 9.10. The molecule has 0 amide bonds. The molecule has 2 aromatic heterocycles. The molecule has 0 saturated carbocycles. The molecule has 2 N–H and O–H groups in total. The number of aromatic nitrogens is 4. The highest BCUT2D eigenvalue weighted by Crippen LogP contribution is 2.24. The van der Waals surface area contributed by atoms with Crippen molar-refractivity contribution in [3.05, 3.63) is 40.6 Å². The summed E-state index contributed by atoms with van der Waals surface area (Å²) in [5.41, 5.74) is 8.53. The average molecular weight is 376 g/mol. The van der Waals surface area contributed by atoms with E-state index in [0.717, 1.165) is 19.4 Å². The second kappa shape index (κ2) is 6.95. The van der Waals surface area contributed by atoms with Crippen molar-refractivity contribution in [2.45, 2.75) is 26.3 Å². The Morgan fingerprint density at radius 1 is 1.17 bits per heavy atom. The summed E-state index contributed by atoms with van der Waals surface area (Å²) < 4.78 is 8.28. The van der Waals surface area contributed by atoms with Gasteiger partial charge in [-0.05, 0) is 41.3 Å². The fraction of sp³-hybridized carbons (Fsp3) is 0.312. The minimum absolute atomic E-state index is 0.296. The molecule has 0 spiro atoms. The molecule has 7 heteroatoms. The molecular formula is C16H18BrN5O. The van der Waals surface area contributed by atoms with Gasteiger partial charge in [-0.3, -0.25) is 0 Å². The predicted molar refractivity (Wildman–Crippen MR) is 93.4 cm³/mol. The van der Waals surface area contributed by atoms with Gasteiger partial charge in [0.15, 0.2) is 21.7 Å². The van der Waals surface area contributed by atoms with E-state index in [1.54, 1.807) is 0 Å². The summed E-state index contributed by atoms with van der Waals surface area (Å²) in [7, 11) is 0. The maximum atomic E-state index is 5.96. The molecule has 0 bridgehead atoms. The first kappa shape index (κ1) is 15.7. The minimum Gasteiger partial charge on any atom is -0.463 e. The molecule has 23 heavy (non-hydrogen) atoms. The highest BCUT2D eigenvalue weighted by Gasteiger charge is 2.14. The van der Waals surface area contributed by atoms with Gasteiger partial charge in [0, 0.05) is 6.54 Å². The number of nitrogen functional groups attached to an aromatic ring is 1. The van der Waals surface area contributed by atoms with Crippen LogP contribution in [0.3, 0.4) is 0 Å². The number of fused-ring (bicyclic) bond motifs is 1. The maximum Gasteiger partial charge on any atom is 0.320 e. The lowest BCUT2D eigenvalue weighted by Gasteiger charge is -2.06. The molecule has 120 valence electrons. The Morgan fingerprint density at radius 3 is 2.70 bits per heavy atom. The Bertz CT molecular complexity index is 803. The number of ether oxygens (including phenoxy) is 1. The smallest absolute Gasteiger partial charge is 0.320 e. The van der Waals surface area contributed by atoms with E-state index in [1.807, 2.05) is 29.7 Å². The lowest BCUT2D eigenvalue weighted by atomic mass is 10.1. The van der Waals surface area contributed by atoms with Crippen molar-refractivity contribution in [2.75, 3.05) is 12.3 Å². The summed E-state index contributed by atoms with van der Waals surface area (Å²) >= 11 is 3.41. The number of halogens is 1. The van der Waals surface area contributed by atoms with Gasteiger partial charge < -0.3 is 15.0 Å². The van der Waals surface area contributed by atoms with Crippen LogP contribution in [0.25, 0.3) is 11.2 Å². The number of aryl methyl sites for hydroxylation is 2. The van der Waals surface area contributed by atoms with Crippen LogP contribution in [0.5, 0.6) is 6.01 Å². The zero-order valence-corrected chi connectivity index (χ0v) is 14.5. The van der Waals surface area contributed by atoms with Crippen LogP contribution in [-0.2, 0) is 13.0 Å². The van der Waals surface area contributed by atoms with Crippen LogP contribution in [0, 0.1) is 0 Å². The van der Waals surface area contributed by atoms with Crippen molar-refractivity contribution in [3.8, 4) is 6.01 Å². The number of rotatable bonds is 6. The first-order chi connectivity index (χ1) is 11.2. The number of hydrogen-bond donors (Lipinski definition) is 1. The van der Waals surface area contributed by atoms with Gasteiger partial charge in [0.2, 0.25) is 0 Å². The molecule has 0 atom stereocenters. The number of nitrogens with zero attached hydrogens (tertiary/aromatic N) is 4. The molecule has 0 unspecified atom stereocenters. The summed E-state index contributed by atoms with van der Waals surface area (Å²) in [6, 6.07) is 10.6. The van der Waals surface area contributed by atoms with Crippen LogP contribution >= 0.6 is 15.9 Å². The molecule has 0 aliphatic rings. The van der Waals surface area contributed by atoms with Gasteiger partial charge in [-0.15, -0.1) is 0 Å². The van der Waals surface area contributed by atoms with Crippen molar-refractivity contribution in [1.29, 1.82) is 0 Å². The maximum absolute atomic E-state index is 5.96. The molecule has 0 aliphatic heterocycles. The Labute approximate surface area is 142 Å². The van der Waals surface area contributed by atoms with Crippen LogP contribution in [0.2, 0.25) is 0 Å². The summed E-state index contributed by atoms with van der Waals surface area (Å²) in [4.78, 5) is 12.9. The Kier molecular flexibility index (Phi) is 4.76. The average Bonchev–Trinajstić information content (AvgIpc) is 2.88. The number of imidazole rings is 1. The van der Waals surface area contributed by atoms with Crippen LogP contribution in [0.1, 0.15) is 18.9 Å². The third kappa shape index (κ3) is 3.44. The Morgan fingerprint density at radius 2 is 1.96 bits per heavy atom. The third-order valence-corrected chi connectivity index (χ3v) is 4.16. The predicted octanol–water partition coefficient (Wildman–Crippen LogP) is 3.20. The molecule has 2 heterocycles. The second-order valence-corrected chi connectivity index (χ2v) is 5.84. The molecule has 0 fully saturated rings. The van der Waals surface area contributed by atoms with E-state index in [0.29, 0.717) is 34.3 Å². The van der Waals surface area contributed by atoms with Crippen molar-refractivity contribution in [1.82, 2.24) is 19.5 Å². The van der Waals surface area contributed by atoms with Gasteiger partial charge in [-0.1, -0.05) is 30.3 Å². The molecular weight excluding hydrogens is 358 g/mol. The number of benzene rings is 1. The monoisotopic (exact) mass is 375 g/mol. The molecule has 0 radical (unpaired) electrons. The van der Waals surface area contributed by atoms with E-state index >= 15 is 0 Å². The normalized spacial score (nSPS) is 11.0. The first-order valence-electron chi connectivity index (χ1n) is 7.55. The Balaban J connectivity index is 1.68. The zero-order valence-electron chi connectivity index (χ0n) is 12.9. The van der Waals surface area contributed by atoms with Crippen molar-refractivity contribution >= 4 is 32.9 Å². The van der Waals surface area contributed by atoms with Crippen molar-refractivity contribution in [3.63, 3.8) is 0 Å². The van der Waals surface area contributed by atoms with Crippen molar-refractivity contribution < 1.29 is 4.74 Å². The molecule has 0 saturated heterocycles. The summed E-state index contributed by atoms with van der Waals surface area (Å²) in [6.45, 7) is 3.30. The molecule has 6 nitrogen and oxygen atoms in total. The van der Waals surface area contributed by atoms with E-state index < -0.39 is 0 Å². The quantitative estimate of drug-likeness (QED) is 0.528. The fourth-order valence-corrected chi connectivity index (χ4v) is 3.00. The van der Waals surface area contributed by atoms with E-state index in [9.17, 15) is 0 Å². The third-order valence-electron chi connectivity index (χ3n) is 3.55. The summed E-state index contributed by atoms with van der Waals surface area (Å²) in [6.07, 6.45) is 1.85. The van der Waals surface area contributed by atoms with Gasteiger partial charge in [0.1, 0.15) is 0 Å². The topological polar surface area (TPSA) is 78.9 Å². The second-order valence-electron chi connectivity index (χ2n) is 5.13. The van der Waals surface area contributed by atoms with Crippen LogP contribution < -0.4 is 10.5 Å². The van der Waals surface area contributed by atoms with Gasteiger partial charge in [-0.2, -0.15) is 9.97 Å². The molecule has 1 aromatic carbocycles. The summed E-state index contributed by atoms with van der Waals surface area (Å²) in [5.74, 6) is 0.334. The van der Waals surface area contributed by atoms with Crippen LogP contribution in [0.15, 0.2) is 35.1 Å². The number of anilines is 1. The standard InChI is InChI=1S/C16H18BrN5O/c1-2-22-14-12(19-15(22)17)13(18)20-16(21-14)23-10-6-9-11-7-4-3-5-8-11/h3-5,7-8H,2,6,9-10H2,1H3,(H2,18,20,21). The first-order valence-corrected chi connectivity index (χ1v) is 8.34. The SMILES string of the molecule is CCn1c(Br)nc2c(N)nc(OCCCc3ccccc3)nc21. The van der Waals surface area contributed by atoms with Crippen LogP contribution in [0.4, 0.5) is 5.82 Å². The van der Waals surface area contributed by atoms with E-state index in [1.165, 1.54) is 5.56 Å². The van der Waals surface area contributed by atoms with Crippen LogP contribution in [-0.4, -0.2) is 26.1 Å². The number of nitrogens with two attached hydrogens (primary N) is 1. The number of hydrogen-bond acceptors (Lipinski definition) is 5. The highest BCUT2D eigenvalue weighted by atomic mass is 79.9. The van der Waals surface area contributed by atoms with Gasteiger partial charge in [0.25, 0.3) is 0 Å². The van der Waals surface area contributed by atoms with Crippen molar-refractivity contribution in [2.24, 2.45) is 0 Å². The van der Waals surface area contributed by atoms with Gasteiger partial charge >= 0.3 is 6.01 Å². The Hall–Kier alpha value is -2.15. The van der Waals surface area contributed by atoms with E-state index in [-0.39, 0.29) is 0 Å². The largest absolute Gasteiger partial charge is 0.463 e. The zero-order chi connectivity index (χ0) is 16.2. The summed E-state index contributed by atoms with van der Waals surface area (Å²) in [5, 5.41) is 0. The molecule has 0 aliphatic carbocycles. The fourth-order valence-electron chi connectivity index (χ4n) is 2.40. The molecule has 3 aromatic rings. The molecule has 3 rings (SSSR count). The lowest BCUT2D eigenvalue weighted by molar-refractivity contribution is 0.288. The lowest BCUT2D eigenvalue weighted by Crippen LogP contribution is -2.06. The van der Waals surface area contributed by atoms with Gasteiger partial charge in [-0.25, -0.2) is 4.98 Å².